The average molecular weight is 471 g/mol. The normalized spacial score (nSPS) is 16.1. The molecule has 0 saturated heterocycles. The molecule has 1 unspecified atom stereocenters. The number of nitrogens with zero attached hydrogens (tertiary/aromatic N) is 1. The van der Waals surface area contributed by atoms with Crippen molar-refractivity contribution in [3.8, 4) is 11.1 Å². The summed E-state index contributed by atoms with van der Waals surface area (Å²) < 4.78 is 0. The molecule has 2 amide bonds. The van der Waals surface area contributed by atoms with Crippen LogP contribution >= 0.6 is 0 Å². The summed E-state index contributed by atoms with van der Waals surface area (Å²) in [5.41, 5.74) is 5.29. The van der Waals surface area contributed by atoms with Crippen molar-refractivity contribution in [3.63, 3.8) is 0 Å². The molecule has 1 saturated carbocycles. The number of amides is 2. The Hall–Kier alpha value is -3.64. The number of hydrogen-bond acceptors (Lipinski definition) is 3. The van der Waals surface area contributed by atoms with E-state index in [0.29, 0.717) is 12.3 Å². The second-order valence-electron chi connectivity index (χ2n) is 9.56. The highest BCUT2D eigenvalue weighted by Gasteiger charge is 2.41. The number of rotatable bonds is 9. The summed E-state index contributed by atoms with van der Waals surface area (Å²) in [4.78, 5) is 26.8. The predicted molar refractivity (Wildman–Crippen MR) is 134 cm³/mol. The number of benzene rings is 3. The van der Waals surface area contributed by atoms with Gasteiger partial charge in [-0.2, -0.15) is 0 Å². The zero-order chi connectivity index (χ0) is 24.4. The van der Waals surface area contributed by atoms with Gasteiger partial charge in [0.05, 0.1) is 6.04 Å². The number of aliphatic hydroxyl groups excluding tert-OH is 1. The number of aliphatic hydroxyl groups is 1. The zero-order valence-electron chi connectivity index (χ0n) is 19.5. The van der Waals surface area contributed by atoms with E-state index < -0.39 is 24.1 Å². The molecule has 3 aromatic carbocycles. The number of nitrogens with one attached hydrogen (secondary N) is 1. The molecule has 2 atom stereocenters. The third-order valence-electron chi connectivity index (χ3n) is 7.20. The molecule has 6 nitrogen and oxygen atoms in total. The molecule has 2 aliphatic carbocycles. The molecule has 0 spiro atoms. The van der Waals surface area contributed by atoms with Crippen LogP contribution in [-0.2, 0) is 11.3 Å². The van der Waals surface area contributed by atoms with Gasteiger partial charge in [-0.1, -0.05) is 91.7 Å². The Morgan fingerprint density at radius 3 is 2.03 bits per heavy atom. The van der Waals surface area contributed by atoms with Gasteiger partial charge in [0.25, 0.3) is 5.91 Å². The molecule has 0 radical (unpaired) electrons. The van der Waals surface area contributed by atoms with Gasteiger partial charge in [0.15, 0.2) is 6.10 Å². The van der Waals surface area contributed by atoms with Crippen LogP contribution in [0.4, 0.5) is 4.79 Å². The molecule has 1 fully saturated rings. The first-order valence-electron chi connectivity index (χ1n) is 12.2. The maximum atomic E-state index is 12.9. The Kier molecular flexibility index (Phi) is 6.55. The smallest absolute Gasteiger partial charge is 0.407 e. The van der Waals surface area contributed by atoms with Crippen LogP contribution in [0.2, 0.25) is 0 Å². The molecule has 180 valence electrons. The summed E-state index contributed by atoms with van der Waals surface area (Å²) in [6, 6.07) is 24.8. The number of hydrogen-bond donors (Lipinski definition) is 3. The Bertz CT molecular complexity index is 1160. The second kappa shape index (κ2) is 9.92. The maximum Gasteiger partial charge on any atom is 0.407 e. The fourth-order valence-electron chi connectivity index (χ4n) is 5.19. The topological polar surface area (TPSA) is 89.9 Å². The predicted octanol–water partition coefficient (Wildman–Crippen LogP) is 4.62. The van der Waals surface area contributed by atoms with Crippen molar-refractivity contribution in [3.05, 3.63) is 95.6 Å². The third-order valence-corrected chi connectivity index (χ3v) is 7.20. The van der Waals surface area contributed by atoms with E-state index in [1.807, 2.05) is 66.7 Å². The summed E-state index contributed by atoms with van der Waals surface area (Å²) >= 11 is 0. The molecular weight excluding hydrogens is 440 g/mol. The SMILES string of the molecule is O=C(NCc1ccccc1)C(O)[C@H](CC1CC1)N(CC1c2ccccc2-c2ccccc21)C(=O)O. The first kappa shape index (κ1) is 23.1. The van der Waals surface area contributed by atoms with Gasteiger partial charge in [0.2, 0.25) is 0 Å². The molecule has 5 rings (SSSR count). The minimum absolute atomic E-state index is 0.153. The Morgan fingerprint density at radius 1 is 0.886 bits per heavy atom. The van der Waals surface area contributed by atoms with Crippen molar-refractivity contribution in [1.29, 1.82) is 0 Å². The first-order chi connectivity index (χ1) is 17.0. The lowest BCUT2D eigenvalue weighted by Gasteiger charge is -2.34. The number of fused-ring (bicyclic) bond motifs is 3. The van der Waals surface area contributed by atoms with Crippen LogP contribution in [0.15, 0.2) is 78.9 Å². The minimum Gasteiger partial charge on any atom is -0.465 e. The van der Waals surface area contributed by atoms with E-state index in [-0.39, 0.29) is 19.0 Å². The van der Waals surface area contributed by atoms with Gasteiger partial charge < -0.3 is 20.4 Å². The largest absolute Gasteiger partial charge is 0.465 e. The van der Waals surface area contributed by atoms with Crippen LogP contribution in [0.3, 0.4) is 0 Å². The zero-order valence-corrected chi connectivity index (χ0v) is 19.5. The van der Waals surface area contributed by atoms with Gasteiger partial charge in [-0.15, -0.1) is 0 Å². The number of carbonyl (C=O) groups excluding carboxylic acids is 1. The molecule has 35 heavy (non-hydrogen) atoms. The molecule has 6 heteroatoms. The van der Waals surface area contributed by atoms with Crippen molar-refractivity contribution in [2.75, 3.05) is 6.54 Å². The fourth-order valence-corrected chi connectivity index (χ4v) is 5.19. The van der Waals surface area contributed by atoms with Gasteiger partial charge in [0.1, 0.15) is 0 Å². The van der Waals surface area contributed by atoms with Gasteiger partial charge >= 0.3 is 6.09 Å². The van der Waals surface area contributed by atoms with Gasteiger partial charge in [0, 0.05) is 19.0 Å². The summed E-state index contributed by atoms with van der Waals surface area (Å²) in [6.45, 7) is 0.465. The van der Waals surface area contributed by atoms with E-state index in [9.17, 15) is 19.8 Å². The molecule has 2 aliphatic rings. The summed E-state index contributed by atoms with van der Waals surface area (Å²) in [6.07, 6.45) is -0.0911. The Labute approximate surface area is 205 Å². The lowest BCUT2D eigenvalue weighted by molar-refractivity contribution is -0.133. The molecule has 0 heterocycles. The van der Waals surface area contributed by atoms with Crippen LogP contribution < -0.4 is 5.32 Å². The van der Waals surface area contributed by atoms with Crippen LogP contribution in [0, 0.1) is 5.92 Å². The van der Waals surface area contributed by atoms with E-state index in [1.54, 1.807) is 0 Å². The second-order valence-corrected chi connectivity index (χ2v) is 9.56. The van der Waals surface area contributed by atoms with Crippen molar-refractivity contribution in [2.24, 2.45) is 5.92 Å². The van der Waals surface area contributed by atoms with E-state index >= 15 is 0 Å². The first-order valence-corrected chi connectivity index (χ1v) is 12.2. The van der Waals surface area contributed by atoms with E-state index in [4.69, 9.17) is 0 Å². The lowest BCUT2D eigenvalue weighted by atomic mass is 9.94. The molecule has 3 N–H and O–H groups in total. The summed E-state index contributed by atoms with van der Waals surface area (Å²) in [5, 5.41) is 24.1. The van der Waals surface area contributed by atoms with Crippen LogP contribution in [0.25, 0.3) is 11.1 Å². The van der Waals surface area contributed by atoms with Gasteiger partial charge in [-0.3, -0.25) is 4.79 Å². The maximum absolute atomic E-state index is 12.9. The quantitative estimate of drug-likeness (QED) is 0.426. The molecular formula is C29H30N2O4. The lowest BCUT2D eigenvalue weighted by Crippen LogP contribution is -2.53. The number of carboxylic acid groups (broad SMARTS) is 1. The van der Waals surface area contributed by atoms with Crippen LogP contribution in [0.5, 0.6) is 0 Å². The summed E-state index contributed by atoms with van der Waals surface area (Å²) in [5.74, 6) is -0.362. The molecule has 3 aromatic rings. The van der Waals surface area contributed by atoms with Crippen LogP contribution in [0.1, 0.15) is 41.9 Å². The highest BCUT2D eigenvalue weighted by atomic mass is 16.4. The van der Waals surface area contributed by atoms with E-state index in [0.717, 1.165) is 40.7 Å². The summed E-state index contributed by atoms with van der Waals surface area (Å²) in [7, 11) is 0. The molecule has 0 aromatic heterocycles. The fraction of sp³-hybridized carbons (Fsp3) is 0.310. The molecule has 0 bridgehead atoms. The van der Waals surface area contributed by atoms with Crippen molar-refractivity contribution < 1.29 is 19.8 Å². The van der Waals surface area contributed by atoms with Crippen molar-refractivity contribution in [2.45, 2.75) is 43.9 Å². The average Bonchev–Trinajstić information content (AvgIpc) is 3.66. The Morgan fingerprint density at radius 2 is 1.46 bits per heavy atom. The van der Waals surface area contributed by atoms with Crippen LogP contribution in [-0.4, -0.2) is 45.8 Å². The molecule has 0 aliphatic heterocycles. The van der Waals surface area contributed by atoms with Crippen molar-refractivity contribution >= 4 is 12.0 Å². The monoisotopic (exact) mass is 470 g/mol. The standard InChI is InChI=1S/C29H30N2O4/c32-27(28(33)30-17-20-8-2-1-3-9-20)26(16-19-14-15-19)31(29(34)35)18-25-23-12-6-4-10-21(23)22-11-5-7-13-24(22)25/h1-13,19,25-27,32H,14-18H2,(H,30,33)(H,34,35)/t26-,27?/m0/s1. The highest BCUT2D eigenvalue weighted by Crippen LogP contribution is 2.45. The number of carbonyl (C=O) groups is 2. The minimum atomic E-state index is -1.44. The van der Waals surface area contributed by atoms with E-state index in [2.05, 4.69) is 17.4 Å². The Balaban J connectivity index is 1.39. The van der Waals surface area contributed by atoms with Crippen molar-refractivity contribution in [1.82, 2.24) is 10.2 Å². The van der Waals surface area contributed by atoms with E-state index in [1.165, 1.54) is 4.90 Å². The van der Waals surface area contributed by atoms with Gasteiger partial charge in [-0.05, 0) is 40.2 Å². The van der Waals surface area contributed by atoms with Gasteiger partial charge in [-0.25, -0.2) is 4.79 Å². The third kappa shape index (κ3) is 4.93. The highest BCUT2D eigenvalue weighted by molar-refractivity contribution is 5.82.